The number of likely N-dealkylation sites (tertiary alicyclic amines) is 1. The van der Waals surface area contributed by atoms with E-state index >= 15 is 0 Å². The molecule has 0 bridgehead atoms. The molecule has 4 unspecified atom stereocenters. The lowest BCUT2D eigenvalue weighted by atomic mass is 9.76. The highest BCUT2D eigenvalue weighted by atomic mass is 15.3. The lowest BCUT2D eigenvalue weighted by Gasteiger charge is -2.43. The van der Waals surface area contributed by atoms with Crippen LogP contribution in [-0.2, 0) is 0 Å². The van der Waals surface area contributed by atoms with E-state index < -0.39 is 0 Å². The van der Waals surface area contributed by atoms with Crippen molar-refractivity contribution in [3.63, 3.8) is 0 Å². The zero-order valence-electron chi connectivity index (χ0n) is 14.9. The van der Waals surface area contributed by atoms with Gasteiger partial charge in [-0.1, -0.05) is 20.8 Å². The first kappa shape index (κ1) is 17.2. The first-order valence-corrected chi connectivity index (χ1v) is 9.16. The van der Waals surface area contributed by atoms with Crippen LogP contribution in [0.15, 0.2) is 0 Å². The fourth-order valence-corrected chi connectivity index (χ4v) is 4.25. The van der Waals surface area contributed by atoms with Crippen molar-refractivity contribution in [2.24, 2.45) is 11.8 Å². The van der Waals surface area contributed by atoms with Gasteiger partial charge in [0, 0.05) is 31.2 Å². The first-order chi connectivity index (χ1) is 10.0. The third-order valence-electron chi connectivity index (χ3n) is 5.85. The zero-order chi connectivity index (χ0) is 15.4. The molecule has 3 nitrogen and oxygen atoms in total. The Morgan fingerprint density at radius 3 is 2.52 bits per heavy atom. The molecule has 0 aromatic heterocycles. The fourth-order valence-electron chi connectivity index (χ4n) is 4.25. The minimum absolute atomic E-state index is 0.723. The van der Waals surface area contributed by atoms with Gasteiger partial charge in [0.15, 0.2) is 0 Å². The number of hydrogen-bond donors (Lipinski definition) is 1. The standard InChI is InChI=1S/C18H37N3/c1-6-10-19-17-8-7-15(14(2)3)12-18(17)21-11-9-16(13-21)20(4)5/h14-19H,6-13H2,1-5H3. The van der Waals surface area contributed by atoms with Crippen LogP contribution in [0.25, 0.3) is 0 Å². The number of nitrogens with one attached hydrogen (secondary N) is 1. The summed E-state index contributed by atoms with van der Waals surface area (Å²) >= 11 is 0. The van der Waals surface area contributed by atoms with Crippen molar-refractivity contribution < 1.29 is 0 Å². The smallest absolute Gasteiger partial charge is 0.0252 e. The Morgan fingerprint density at radius 1 is 1.19 bits per heavy atom. The highest BCUT2D eigenvalue weighted by Gasteiger charge is 2.38. The molecule has 1 saturated carbocycles. The topological polar surface area (TPSA) is 18.5 Å². The van der Waals surface area contributed by atoms with Crippen molar-refractivity contribution in [2.75, 3.05) is 33.7 Å². The molecule has 0 radical (unpaired) electrons. The number of likely N-dealkylation sites (N-methyl/N-ethyl adjacent to an activating group) is 1. The molecule has 1 saturated heterocycles. The van der Waals surface area contributed by atoms with E-state index in [1.165, 1.54) is 51.7 Å². The molecule has 3 heteroatoms. The second-order valence-electron chi connectivity index (χ2n) is 7.85. The SMILES string of the molecule is CCCNC1CCC(C(C)C)CC1N1CCC(N(C)C)C1. The Morgan fingerprint density at radius 2 is 1.95 bits per heavy atom. The Labute approximate surface area is 132 Å². The summed E-state index contributed by atoms with van der Waals surface area (Å²) in [5.41, 5.74) is 0. The van der Waals surface area contributed by atoms with E-state index in [4.69, 9.17) is 0 Å². The normalized spacial score (nSPS) is 35.0. The van der Waals surface area contributed by atoms with Crippen molar-refractivity contribution in [3.8, 4) is 0 Å². The van der Waals surface area contributed by atoms with E-state index in [1.54, 1.807) is 0 Å². The van der Waals surface area contributed by atoms with Gasteiger partial charge in [-0.05, 0) is 64.6 Å². The molecule has 2 aliphatic rings. The molecule has 21 heavy (non-hydrogen) atoms. The van der Waals surface area contributed by atoms with Crippen LogP contribution in [0.5, 0.6) is 0 Å². The summed E-state index contributed by atoms with van der Waals surface area (Å²) in [7, 11) is 4.47. The molecule has 4 atom stereocenters. The Balaban J connectivity index is 1.99. The van der Waals surface area contributed by atoms with Gasteiger partial charge < -0.3 is 10.2 Å². The van der Waals surface area contributed by atoms with E-state index in [-0.39, 0.29) is 0 Å². The molecule has 1 N–H and O–H groups in total. The molecule has 1 aliphatic heterocycles. The first-order valence-electron chi connectivity index (χ1n) is 9.16. The maximum Gasteiger partial charge on any atom is 0.0252 e. The molecule has 0 spiro atoms. The van der Waals surface area contributed by atoms with Crippen molar-refractivity contribution >= 4 is 0 Å². The Bertz CT molecular complexity index is 303. The maximum absolute atomic E-state index is 3.85. The lowest BCUT2D eigenvalue weighted by Crippen LogP contribution is -2.53. The van der Waals surface area contributed by atoms with Crippen LogP contribution < -0.4 is 5.32 Å². The van der Waals surface area contributed by atoms with Crippen LogP contribution in [0.1, 0.15) is 52.9 Å². The number of nitrogens with zero attached hydrogens (tertiary/aromatic N) is 2. The molecule has 0 aromatic rings. The minimum atomic E-state index is 0.723. The molecule has 2 fully saturated rings. The van der Waals surface area contributed by atoms with Crippen LogP contribution in [0.4, 0.5) is 0 Å². The molecule has 0 amide bonds. The van der Waals surface area contributed by atoms with Gasteiger partial charge in [0.25, 0.3) is 0 Å². The summed E-state index contributed by atoms with van der Waals surface area (Å²) in [6, 6.07) is 2.25. The lowest BCUT2D eigenvalue weighted by molar-refractivity contribution is 0.0958. The minimum Gasteiger partial charge on any atom is -0.312 e. The van der Waals surface area contributed by atoms with Gasteiger partial charge in [-0.15, -0.1) is 0 Å². The Kier molecular flexibility index (Phi) is 6.51. The van der Waals surface area contributed by atoms with Gasteiger partial charge in [0.2, 0.25) is 0 Å². The molecule has 0 aromatic carbocycles. The maximum atomic E-state index is 3.85. The third-order valence-corrected chi connectivity index (χ3v) is 5.85. The Hall–Kier alpha value is -0.120. The van der Waals surface area contributed by atoms with Gasteiger partial charge in [0.1, 0.15) is 0 Å². The van der Waals surface area contributed by atoms with Gasteiger partial charge in [-0.2, -0.15) is 0 Å². The summed E-state index contributed by atoms with van der Waals surface area (Å²) in [4.78, 5) is 5.21. The third kappa shape index (κ3) is 4.43. The second-order valence-corrected chi connectivity index (χ2v) is 7.85. The number of hydrogen-bond acceptors (Lipinski definition) is 3. The zero-order valence-corrected chi connectivity index (χ0v) is 14.9. The largest absolute Gasteiger partial charge is 0.312 e. The van der Waals surface area contributed by atoms with Crippen molar-refractivity contribution in [1.82, 2.24) is 15.1 Å². The summed E-state index contributed by atoms with van der Waals surface area (Å²) in [6.07, 6.45) is 6.78. The van der Waals surface area contributed by atoms with Crippen molar-refractivity contribution in [1.29, 1.82) is 0 Å². The predicted octanol–water partition coefficient (Wildman–Crippen LogP) is 2.82. The summed E-state index contributed by atoms with van der Waals surface area (Å²) in [5, 5.41) is 3.85. The highest BCUT2D eigenvalue weighted by molar-refractivity contribution is 4.95. The molecular weight excluding hydrogens is 258 g/mol. The predicted molar refractivity (Wildman–Crippen MR) is 91.7 cm³/mol. The van der Waals surface area contributed by atoms with Crippen molar-refractivity contribution in [3.05, 3.63) is 0 Å². The van der Waals surface area contributed by atoms with E-state index in [0.717, 1.165) is 30.0 Å². The van der Waals surface area contributed by atoms with Gasteiger partial charge >= 0.3 is 0 Å². The average Bonchev–Trinajstić information content (AvgIpc) is 2.94. The van der Waals surface area contributed by atoms with Crippen LogP contribution in [0.3, 0.4) is 0 Å². The van der Waals surface area contributed by atoms with Gasteiger partial charge in [-0.25, -0.2) is 0 Å². The molecule has 1 heterocycles. The van der Waals surface area contributed by atoms with Crippen LogP contribution in [0.2, 0.25) is 0 Å². The van der Waals surface area contributed by atoms with Crippen LogP contribution in [-0.4, -0.2) is 61.7 Å². The van der Waals surface area contributed by atoms with E-state index in [0.29, 0.717) is 0 Å². The molecular formula is C18H37N3. The molecule has 1 aliphatic carbocycles. The summed E-state index contributed by atoms with van der Waals surface area (Å²) in [5.74, 6) is 1.76. The highest BCUT2D eigenvalue weighted by Crippen LogP contribution is 2.34. The average molecular weight is 296 g/mol. The van der Waals surface area contributed by atoms with Crippen molar-refractivity contribution in [2.45, 2.75) is 71.0 Å². The van der Waals surface area contributed by atoms with Gasteiger partial charge in [0.05, 0.1) is 0 Å². The molecule has 124 valence electrons. The summed E-state index contributed by atoms with van der Waals surface area (Å²) < 4.78 is 0. The molecule has 2 rings (SSSR count). The van der Waals surface area contributed by atoms with E-state index in [1.807, 2.05) is 0 Å². The van der Waals surface area contributed by atoms with Gasteiger partial charge in [-0.3, -0.25) is 4.90 Å². The quantitative estimate of drug-likeness (QED) is 0.813. The summed E-state index contributed by atoms with van der Waals surface area (Å²) in [6.45, 7) is 10.8. The monoisotopic (exact) mass is 295 g/mol. The van der Waals surface area contributed by atoms with E-state index in [2.05, 4.69) is 50.0 Å². The fraction of sp³-hybridized carbons (Fsp3) is 1.00. The van der Waals surface area contributed by atoms with Crippen LogP contribution >= 0.6 is 0 Å². The van der Waals surface area contributed by atoms with Crippen LogP contribution in [0, 0.1) is 11.8 Å². The second kappa shape index (κ2) is 7.94. The van der Waals surface area contributed by atoms with E-state index in [9.17, 15) is 0 Å². The number of rotatable bonds is 6.